The summed E-state index contributed by atoms with van der Waals surface area (Å²) >= 11 is 0. The van der Waals surface area contributed by atoms with Gasteiger partial charge in [0.15, 0.2) is 0 Å². The first-order valence-corrected chi connectivity index (χ1v) is 9.22. The van der Waals surface area contributed by atoms with E-state index in [4.69, 9.17) is 0 Å². The Kier molecular flexibility index (Phi) is 6.17. The van der Waals surface area contributed by atoms with Crippen LogP contribution in [0.4, 0.5) is 5.69 Å². The van der Waals surface area contributed by atoms with Crippen molar-refractivity contribution in [2.24, 2.45) is 0 Å². The van der Waals surface area contributed by atoms with Gasteiger partial charge in [-0.05, 0) is 43.7 Å². The first-order chi connectivity index (χ1) is 13.5. The fourth-order valence-corrected chi connectivity index (χ4v) is 2.88. The van der Waals surface area contributed by atoms with E-state index in [0.717, 1.165) is 22.0 Å². The van der Waals surface area contributed by atoms with Gasteiger partial charge in [-0.1, -0.05) is 36.4 Å². The summed E-state index contributed by atoms with van der Waals surface area (Å²) in [6, 6.07) is 17.1. The Morgan fingerprint density at radius 3 is 2.54 bits per heavy atom. The molecule has 3 rings (SSSR count). The molecule has 5 heteroatoms. The van der Waals surface area contributed by atoms with Gasteiger partial charge >= 0.3 is 0 Å². The molecule has 5 nitrogen and oxygen atoms in total. The molecule has 1 heterocycles. The van der Waals surface area contributed by atoms with Gasteiger partial charge in [-0.25, -0.2) is 0 Å². The number of carbonyl (C=O) groups is 2. The van der Waals surface area contributed by atoms with Crippen molar-refractivity contribution in [3.63, 3.8) is 0 Å². The number of fused-ring (bicyclic) bond motifs is 1. The van der Waals surface area contributed by atoms with Crippen LogP contribution >= 0.6 is 0 Å². The van der Waals surface area contributed by atoms with Crippen molar-refractivity contribution in [1.82, 2.24) is 10.3 Å². The standard InChI is InChI=1S/C23H23N3O2/c1-16(2)25-22(28)15-17-8-11-20(12-9-17)26-21(27)13-10-19-6-3-5-18-7-4-14-24-23(18)19/h3-14,16H,15H2,1-2H3,(H,25,28)(H,26,27)/b13-10+. The number of nitrogens with one attached hydrogen (secondary N) is 2. The lowest BCUT2D eigenvalue weighted by molar-refractivity contribution is -0.121. The van der Waals surface area contributed by atoms with Crippen molar-refractivity contribution >= 4 is 34.5 Å². The summed E-state index contributed by atoms with van der Waals surface area (Å²) in [7, 11) is 0. The number of rotatable bonds is 6. The van der Waals surface area contributed by atoms with Crippen LogP contribution < -0.4 is 10.6 Å². The number of anilines is 1. The van der Waals surface area contributed by atoms with E-state index in [1.54, 1.807) is 24.4 Å². The highest BCUT2D eigenvalue weighted by Gasteiger charge is 2.05. The summed E-state index contributed by atoms with van der Waals surface area (Å²) in [6.45, 7) is 3.86. The molecule has 0 unspecified atom stereocenters. The highest BCUT2D eigenvalue weighted by atomic mass is 16.2. The van der Waals surface area contributed by atoms with Gasteiger partial charge in [0, 0.05) is 35.0 Å². The van der Waals surface area contributed by atoms with Gasteiger partial charge in [0.2, 0.25) is 11.8 Å². The summed E-state index contributed by atoms with van der Waals surface area (Å²) in [5, 5.41) is 6.72. The largest absolute Gasteiger partial charge is 0.354 e. The minimum atomic E-state index is -0.224. The van der Waals surface area contributed by atoms with Crippen LogP contribution in [0.25, 0.3) is 17.0 Å². The fraction of sp³-hybridized carbons (Fsp3) is 0.174. The van der Waals surface area contributed by atoms with Gasteiger partial charge < -0.3 is 10.6 Å². The Labute approximate surface area is 164 Å². The zero-order chi connectivity index (χ0) is 19.9. The number of benzene rings is 2. The molecule has 3 aromatic rings. The highest BCUT2D eigenvalue weighted by Crippen LogP contribution is 2.17. The van der Waals surface area contributed by atoms with Crippen LogP contribution in [0, 0.1) is 0 Å². The van der Waals surface area contributed by atoms with Gasteiger partial charge in [-0.3, -0.25) is 14.6 Å². The van der Waals surface area contributed by atoms with Crippen LogP contribution in [0.2, 0.25) is 0 Å². The number of aromatic nitrogens is 1. The lowest BCUT2D eigenvalue weighted by atomic mass is 10.1. The maximum atomic E-state index is 12.2. The van der Waals surface area contributed by atoms with Crippen LogP contribution in [-0.2, 0) is 16.0 Å². The van der Waals surface area contributed by atoms with Crippen LogP contribution in [0.3, 0.4) is 0 Å². The molecule has 0 atom stereocenters. The molecule has 28 heavy (non-hydrogen) atoms. The molecule has 0 aliphatic carbocycles. The smallest absolute Gasteiger partial charge is 0.248 e. The van der Waals surface area contributed by atoms with E-state index in [0.29, 0.717) is 12.1 Å². The van der Waals surface area contributed by atoms with Crippen molar-refractivity contribution in [2.75, 3.05) is 5.32 Å². The maximum absolute atomic E-state index is 12.2. The number of hydrogen-bond donors (Lipinski definition) is 2. The van der Waals surface area contributed by atoms with Crippen LogP contribution in [0.1, 0.15) is 25.0 Å². The summed E-state index contributed by atoms with van der Waals surface area (Å²) in [5.74, 6) is -0.239. The van der Waals surface area contributed by atoms with Crippen LogP contribution in [0.5, 0.6) is 0 Å². The first-order valence-electron chi connectivity index (χ1n) is 9.22. The Morgan fingerprint density at radius 2 is 1.79 bits per heavy atom. The molecule has 0 saturated carbocycles. The molecule has 2 aromatic carbocycles. The lowest BCUT2D eigenvalue weighted by Gasteiger charge is -2.09. The number of nitrogens with zero attached hydrogens (tertiary/aromatic N) is 1. The fourth-order valence-electron chi connectivity index (χ4n) is 2.88. The predicted molar refractivity (Wildman–Crippen MR) is 113 cm³/mol. The number of para-hydroxylation sites is 1. The third-order valence-corrected chi connectivity index (χ3v) is 4.11. The van der Waals surface area contributed by atoms with E-state index in [-0.39, 0.29) is 17.9 Å². The summed E-state index contributed by atoms with van der Waals surface area (Å²) < 4.78 is 0. The number of carbonyl (C=O) groups excluding carboxylic acids is 2. The second-order valence-electron chi connectivity index (χ2n) is 6.84. The molecular weight excluding hydrogens is 350 g/mol. The number of hydrogen-bond acceptors (Lipinski definition) is 3. The topological polar surface area (TPSA) is 71.1 Å². The van der Waals surface area contributed by atoms with Gasteiger partial charge in [-0.2, -0.15) is 0 Å². The van der Waals surface area contributed by atoms with Gasteiger partial charge in [0.25, 0.3) is 0 Å². The van der Waals surface area contributed by atoms with E-state index in [2.05, 4.69) is 15.6 Å². The minimum absolute atomic E-state index is 0.0154. The Balaban J connectivity index is 1.61. The number of amides is 2. The van der Waals surface area contributed by atoms with Gasteiger partial charge in [-0.15, -0.1) is 0 Å². The van der Waals surface area contributed by atoms with Crippen LogP contribution in [0.15, 0.2) is 66.9 Å². The zero-order valence-corrected chi connectivity index (χ0v) is 16.0. The summed E-state index contributed by atoms with van der Waals surface area (Å²) in [4.78, 5) is 28.4. The van der Waals surface area contributed by atoms with E-state index >= 15 is 0 Å². The second kappa shape index (κ2) is 8.95. The molecule has 0 spiro atoms. The lowest BCUT2D eigenvalue weighted by Crippen LogP contribution is -2.31. The summed E-state index contributed by atoms with van der Waals surface area (Å²) in [5.41, 5.74) is 3.32. The maximum Gasteiger partial charge on any atom is 0.248 e. The minimum Gasteiger partial charge on any atom is -0.354 e. The molecule has 0 aliphatic heterocycles. The van der Waals surface area contributed by atoms with Crippen LogP contribution in [-0.4, -0.2) is 22.8 Å². The molecule has 142 valence electrons. The molecule has 0 saturated heterocycles. The Hall–Kier alpha value is -3.47. The van der Waals surface area contributed by atoms with Crippen molar-refractivity contribution in [2.45, 2.75) is 26.3 Å². The average molecular weight is 373 g/mol. The molecule has 0 radical (unpaired) electrons. The molecular formula is C23H23N3O2. The molecule has 0 fully saturated rings. The summed E-state index contributed by atoms with van der Waals surface area (Å²) in [6.07, 6.45) is 5.31. The number of pyridine rings is 1. The normalized spacial score (nSPS) is 11.1. The van der Waals surface area contributed by atoms with E-state index in [1.165, 1.54) is 6.08 Å². The quantitative estimate of drug-likeness (QED) is 0.643. The zero-order valence-electron chi connectivity index (χ0n) is 16.0. The molecule has 2 N–H and O–H groups in total. The van der Waals surface area contributed by atoms with Crippen molar-refractivity contribution in [3.05, 3.63) is 78.0 Å². The van der Waals surface area contributed by atoms with Crippen molar-refractivity contribution in [1.29, 1.82) is 0 Å². The van der Waals surface area contributed by atoms with Gasteiger partial charge in [0.05, 0.1) is 11.9 Å². The van der Waals surface area contributed by atoms with E-state index in [1.807, 2.05) is 56.3 Å². The van der Waals surface area contributed by atoms with E-state index < -0.39 is 0 Å². The Bertz CT molecular complexity index is 1000. The molecule has 1 aromatic heterocycles. The molecule has 2 amide bonds. The first kappa shape index (κ1) is 19.3. The monoisotopic (exact) mass is 373 g/mol. The average Bonchev–Trinajstić information content (AvgIpc) is 2.67. The SMILES string of the molecule is CC(C)NC(=O)Cc1ccc(NC(=O)/C=C/c2cccc3cccnc23)cc1. The molecule has 0 aliphatic rings. The van der Waals surface area contributed by atoms with E-state index in [9.17, 15) is 9.59 Å². The molecule has 0 bridgehead atoms. The highest BCUT2D eigenvalue weighted by molar-refractivity contribution is 6.03. The van der Waals surface area contributed by atoms with Crippen molar-refractivity contribution in [3.8, 4) is 0 Å². The Morgan fingerprint density at radius 1 is 1.04 bits per heavy atom. The third kappa shape index (κ3) is 5.27. The van der Waals surface area contributed by atoms with Gasteiger partial charge in [0.1, 0.15) is 0 Å². The van der Waals surface area contributed by atoms with Crippen molar-refractivity contribution < 1.29 is 9.59 Å². The predicted octanol–water partition coefficient (Wildman–Crippen LogP) is 3.95. The second-order valence-corrected chi connectivity index (χ2v) is 6.84. The third-order valence-electron chi connectivity index (χ3n) is 4.11.